The molecule has 0 aliphatic rings. The molecule has 0 aliphatic carbocycles. The van der Waals surface area contributed by atoms with Gasteiger partial charge in [-0.25, -0.2) is 8.42 Å². The first-order valence-corrected chi connectivity index (χ1v) is 10.0. The van der Waals surface area contributed by atoms with E-state index in [9.17, 15) is 8.42 Å². The van der Waals surface area contributed by atoms with E-state index in [2.05, 4.69) is 0 Å². The Morgan fingerprint density at radius 3 is 2.21 bits per heavy atom. The molecule has 0 aromatic rings. The Morgan fingerprint density at radius 1 is 1.36 bits per heavy atom. The lowest BCUT2D eigenvalue weighted by Gasteiger charge is -2.15. The SMILES string of the molecule is CCS(=O)(=O)CCSP(=S)(OC)OC. The van der Waals surface area contributed by atoms with Gasteiger partial charge in [0.2, 0.25) is 5.69 Å². The molecule has 0 radical (unpaired) electrons. The molecule has 0 fully saturated rings. The van der Waals surface area contributed by atoms with Crippen molar-refractivity contribution in [3.8, 4) is 0 Å². The molecule has 0 aromatic heterocycles. The number of rotatable bonds is 7. The van der Waals surface area contributed by atoms with Crippen molar-refractivity contribution in [1.82, 2.24) is 0 Å². The highest BCUT2D eigenvalue weighted by atomic mass is 32.9. The van der Waals surface area contributed by atoms with Gasteiger partial charge in [-0.05, 0) is 11.8 Å². The molecule has 14 heavy (non-hydrogen) atoms. The summed E-state index contributed by atoms with van der Waals surface area (Å²) < 4.78 is 32.3. The Hall–Kier alpha value is 0.870. The van der Waals surface area contributed by atoms with Gasteiger partial charge in [0.1, 0.15) is 0 Å². The molecule has 0 heterocycles. The van der Waals surface area contributed by atoms with Crippen molar-refractivity contribution >= 4 is 38.7 Å². The summed E-state index contributed by atoms with van der Waals surface area (Å²) in [4.78, 5) is 0. The van der Waals surface area contributed by atoms with Crippen LogP contribution in [0.15, 0.2) is 0 Å². The Morgan fingerprint density at radius 2 is 1.86 bits per heavy atom. The zero-order chi connectivity index (χ0) is 11.2. The Bertz CT molecular complexity index is 292. The van der Waals surface area contributed by atoms with Gasteiger partial charge in [0, 0.05) is 25.7 Å². The number of sulfone groups is 1. The van der Waals surface area contributed by atoms with E-state index in [-0.39, 0.29) is 11.5 Å². The van der Waals surface area contributed by atoms with Crippen molar-refractivity contribution in [2.24, 2.45) is 0 Å². The van der Waals surface area contributed by atoms with Gasteiger partial charge >= 0.3 is 0 Å². The van der Waals surface area contributed by atoms with Gasteiger partial charge in [-0.3, -0.25) is 0 Å². The van der Waals surface area contributed by atoms with Crippen LogP contribution < -0.4 is 0 Å². The van der Waals surface area contributed by atoms with Gasteiger partial charge in [-0.15, -0.1) is 0 Å². The first-order chi connectivity index (χ1) is 6.39. The van der Waals surface area contributed by atoms with Crippen LogP contribution in [0.4, 0.5) is 0 Å². The van der Waals surface area contributed by atoms with Crippen LogP contribution in [-0.4, -0.2) is 39.9 Å². The maximum atomic E-state index is 11.1. The Kier molecular flexibility index (Phi) is 6.85. The van der Waals surface area contributed by atoms with Gasteiger partial charge in [0.25, 0.3) is 0 Å². The van der Waals surface area contributed by atoms with Gasteiger partial charge in [0.05, 0.1) is 5.75 Å². The minimum absolute atomic E-state index is 0.124. The summed E-state index contributed by atoms with van der Waals surface area (Å²) in [6, 6.07) is 0. The molecule has 0 N–H and O–H groups in total. The van der Waals surface area contributed by atoms with Crippen LogP contribution in [0.5, 0.6) is 0 Å². The van der Waals surface area contributed by atoms with Gasteiger partial charge < -0.3 is 9.05 Å². The maximum Gasteiger partial charge on any atom is 0.246 e. The fourth-order valence-corrected chi connectivity index (χ4v) is 5.43. The second-order valence-electron chi connectivity index (χ2n) is 2.38. The van der Waals surface area contributed by atoms with Crippen molar-refractivity contribution in [2.75, 3.05) is 31.5 Å². The third kappa shape index (κ3) is 5.68. The molecule has 86 valence electrons. The predicted molar refractivity (Wildman–Crippen MR) is 65.1 cm³/mol. The van der Waals surface area contributed by atoms with Gasteiger partial charge in [-0.2, -0.15) is 0 Å². The van der Waals surface area contributed by atoms with E-state index in [0.717, 1.165) is 0 Å². The largest absolute Gasteiger partial charge is 0.325 e. The zero-order valence-corrected chi connectivity index (χ0v) is 11.8. The standard InChI is InChI=1S/C6H15O4PS3/c1-4-14(7,8)6-5-13-11(12,9-2)10-3/h4-6H2,1-3H3. The van der Waals surface area contributed by atoms with Gasteiger partial charge in [0.15, 0.2) is 9.84 Å². The quantitative estimate of drug-likeness (QED) is 0.660. The van der Waals surface area contributed by atoms with Crippen molar-refractivity contribution in [3.05, 3.63) is 0 Å². The molecule has 0 bridgehead atoms. The van der Waals surface area contributed by atoms with Crippen LogP contribution >= 0.6 is 17.1 Å². The fraction of sp³-hybridized carbons (Fsp3) is 1.00. The van der Waals surface area contributed by atoms with Crippen molar-refractivity contribution in [3.63, 3.8) is 0 Å². The summed E-state index contributed by atoms with van der Waals surface area (Å²) in [5, 5.41) is 0. The minimum Gasteiger partial charge on any atom is -0.325 e. The molecule has 8 heteroatoms. The molecule has 0 atom stereocenters. The normalized spacial score (nSPS) is 13.1. The van der Waals surface area contributed by atoms with Crippen molar-refractivity contribution in [2.45, 2.75) is 6.92 Å². The highest BCUT2D eigenvalue weighted by Gasteiger charge is 2.17. The van der Waals surface area contributed by atoms with Crippen LogP contribution in [0.3, 0.4) is 0 Å². The first-order valence-electron chi connectivity index (χ1n) is 3.95. The lowest BCUT2D eigenvalue weighted by atomic mass is 10.9. The molecule has 0 spiro atoms. The summed E-state index contributed by atoms with van der Waals surface area (Å²) in [6.45, 7) is 1.63. The summed E-state index contributed by atoms with van der Waals surface area (Å²) >= 11 is 6.33. The van der Waals surface area contributed by atoms with E-state index in [1.165, 1.54) is 25.6 Å². The lowest BCUT2D eigenvalue weighted by Crippen LogP contribution is -2.10. The lowest BCUT2D eigenvalue weighted by molar-refractivity contribution is 0.354. The molecule has 4 nitrogen and oxygen atoms in total. The van der Waals surface area contributed by atoms with E-state index in [1.807, 2.05) is 0 Å². The van der Waals surface area contributed by atoms with Crippen LogP contribution in [0.1, 0.15) is 6.92 Å². The molecule has 0 aromatic carbocycles. The van der Waals surface area contributed by atoms with E-state index >= 15 is 0 Å². The van der Waals surface area contributed by atoms with Gasteiger partial charge in [-0.1, -0.05) is 18.3 Å². The first kappa shape index (κ1) is 14.9. The Balaban J connectivity index is 4.03. The van der Waals surface area contributed by atoms with Crippen LogP contribution in [-0.2, 0) is 30.7 Å². The van der Waals surface area contributed by atoms with Crippen LogP contribution in [0.2, 0.25) is 0 Å². The number of hydrogen-bond donors (Lipinski definition) is 0. The summed E-state index contributed by atoms with van der Waals surface area (Å²) in [5.41, 5.74) is -2.29. The monoisotopic (exact) mass is 278 g/mol. The molecule has 0 rings (SSSR count). The molecule has 0 unspecified atom stereocenters. The van der Waals surface area contributed by atoms with E-state index < -0.39 is 15.5 Å². The zero-order valence-electron chi connectivity index (χ0n) is 8.43. The number of hydrogen-bond acceptors (Lipinski definition) is 6. The third-order valence-corrected chi connectivity index (χ3v) is 9.33. The topological polar surface area (TPSA) is 52.6 Å². The average Bonchev–Trinajstić information content (AvgIpc) is 2.17. The molecule has 0 saturated heterocycles. The molecular formula is C6H15O4PS3. The average molecular weight is 278 g/mol. The molecular weight excluding hydrogens is 263 g/mol. The molecule has 0 aliphatic heterocycles. The second kappa shape index (κ2) is 6.45. The third-order valence-electron chi connectivity index (χ3n) is 1.53. The summed E-state index contributed by atoms with van der Waals surface area (Å²) in [5.74, 6) is 0.713. The Labute approximate surface area is 94.6 Å². The summed E-state index contributed by atoms with van der Waals surface area (Å²) in [7, 11) is 0.0367. The molecule has 0 amide bonds. The van der Waals surface area contributed by atoms with Crippen LogP contribution in [0, 0.1) is 0 Å². The second-order valence-corrected chi connectivity index (χ2v) is 11.5. The van der Waals surface area contributed by atoms with E-state index in [0.29, 0.717) is 5.75 Å². The highest BCUT2D eigenvalue weighted by molar-refractivity contribution is 8.67. The minimum atomic E-state index is -2.92. The fourth-order valence-electron chi connectivity index (χ4n) is 0.600. The summed E-state index contributed by atoms with van der Waals surface area (Å²) in [6.07, 6.45) is 0. The maximum absolute atomic E-state index is 11.1. The van der Waals surface area contributed by atoms with E-state index in [4.69, 9.17) is 20.9 Å². The smallest absolute Gasteiger partial charge is 0.246 e. The molecule has 0 saturated carbocycles. The van der Waals surface area contributed by atoms with E-state index in [1.54, 1.807) is 6.92 Å². The van der Waals surface area contributed by atoms with Crippen molar-refractivity contribution in [1.29, 1.82) is 0 Å². The van der Waals surface area contributed by atoms with Crippen LogP contribution in [0.25, 0.3) is 0 Å². The highest BCUT2D eigenvalue weighted by Crippen LogP contribution is 2.59. The van der Waals surface area contributed by atoms with Crippen molar-refractivity contribution < 1.29 is 17.5 Å². The predicted octanol–water partition coefficient (Wildman–Crippen LogP) is 1.67.